The van der Waals surface area contributed by atoms with Crippen LogP contribution in [0.2, 0.25) is 0 Å². The summed E-state index contributed by atoms with van der Waals surface area (Å²) in [5, 5.41) is 16.8. The number of aromatic nitrogens is 1. The summed E-state index contributed by atoms with van der Waals surface area (Å²) in [7, 11) is 0. The van der Waals surface area contributed by atoms with Gasteiger partial charge in [0, 0.05) is 5.38 Å². The molecule has 0 bridgehead atoms. The number of anilines is 1. The number of hydrogen-bond acceptors (Lipinski definition) is 5. The second-order valence-electron chi connectivity index (χ2n) is 3.15. The fraction of sp³-hybridized carbons (Fsp3) is 0.375. The van der Waals surface area contributed by atoms with Crippen molar-refractivity contribution in [2.75, 3.05) is 11.9 Å². The first-order chi connectivity index (χ1) is 8.31. The number of nitrogens with zero attached hydrogens (tertiary/aromatic N) is 2. The fourth-order valence-electron chi connectivity index (χ4n) is 0.870. The van der Waals surface area contributed by atoms with E-state index in [0.717, 1.165) is 11.3 Å². The fourth-order valence-corrected chi connectivity index (χ4v) is 1.62. The first-order valence-corrected chi connectivity index (χ1v) is 5.46. The molecular formula is C8H9F3N4O2S. The van der Waals surface area contributed by atoms with Gasteiger partial charge >= 0.3 is 12.2 Å². The summed E-state index contributed by atoms with van der Waals surface area (Å²) in [5.74, 6) is 0. The molecule has 1 aromatic heterocycles. The van der Waals surface area contributed by atoms with Crippen LogP contribution in [-0.4, -0.2) is 34.7 Å². The Morgan fingerprint density at radius 3 is 2.83 bits per heavy atom. The number of rotatable bonds is 3. The van der Waals surface area contributed by atoms with Crippen LogP contribution in [0, 0.1) is 0 Å². The number of amides is 2. The number of alkyl halides is 3. The molecule has 0 radical (unpaired) electrons. The van der Waals surface area contributed by atoms with Crippen molar-refractivity contribution < 1.29 is 23.2 Å². The summed E-state index contributed by atoms with van der Waals surface area (Å²) < 4.78 is 35.4. The molecule has 0 atom stereocenters. The molecule has 2 amide bonds. The lowest BCUT2D eigenvalue weighted by molar-refractivity contribution is -0.122. The molecule has 0 saturated carbocycles. The van der Waals surface area contributed by atoms with E-state index in [0.29, 0.717) is 5.69 Å². The lowest BCUT2D eigenvalue weighted by Crippen LogP contribution is -2.36. The predicted molar refractivity (Wildman–Crippen MR) is 59.2 cm³/mol. The number of thiazole rings is 1. The number of urea groups is 1. The largest absolute Gasteiger partial charge is 0.411 e. The van der Waals surface area contributed by atoms with Gasteiger partial charge in [0.2, 0.25) is 0 Å². The average molecular weight is 282 g/mol. The van der Waals surface area contributed by atoms with Gasteiger partial charge in [0.25, 0.3) is 0 Å². The molecule has 3 N–H and O–H groups in total. The lowest BCUT2D eigenvalue weighted by Gasteiger charge is -2.07. The van der Waals surface area contributed by atoms with Gasteiger partial charge in [-0.05, 0) is 6.92 Å². The van der Waals surface area contributed by atoms with Gasteiger partial charge in [-0.3, -0.25) is 5.32 Å². The first kappa shape index (κ1) is 14.2. The molecule has 0 saturated heterocycles. The second kappa shape index (κ2) is 5.67. The van der Waals surface area contributed by atoms with Crippen molar-refractivity contribution in [2.24, 2.45) is 5.16 Å². The minimum atomic E-state index is -4.47. The summed E-state index contributed by atoms with van der Waals surface area (Å²) >= 11 is 0.999. The number of nitrogens with one attached hydrogen (secondary N) is 2. The molecule has 1 heterocycles. The highest BCUT2D eigenvalue weighted by Gasteiger charge is 2.27. The first-order valence-electron chi connectivity index (χ1n) is 4.58. The summed E-state index contributed by atoms with van der Waals surface area (Å²) in [4.78, 5) is 14.9. The third-order valence-corrected chi connectivity index (χ3v) is 2.45. The van der Waals surface area contributed by atoms with Crippen molar-refractivity contribution >= 4 is 28.2 Å². The Morgan fingerprint density at radius 2 is 2.28 bits per heavy atom. The Bertz CT molecular complexity index is 457. The summed E-state index contributed by atoms with van der Waals surface area (Å²) in [6.07, 6.45) is -4.47. The zero-order valence-corrected chi connectivity index (χ0v) is 9.89. The van der Waals surface area contributed by atoms with E-state index in [1.54, 1.807) is 5.32 Å². The standard InChI is InChI=1S/C8H9F3N4O2S/c1-4(15-17)5-2-18-7(13-5)14-6(16)12-3-8(9,10)11/h2,17H,3H2,1H3,(H2,12,13,14,16). The van der Waals surface area contributed by atoms with Crippen molar-refractivity contribution in [3.05, 3.63) is 11.1 Å². The molecule has 1 aromatic rings. The zero-order valence-electron chi connectivity index (χ0n) is 9.08. The van der Waals surface area contributed by atoms with Gasteiger partial charge in [-0.1, -0.05) is 5.16 Å². The molecule has 0 aromatic carbocycles. The van der Waals surface area contributed by atoms with Gasteiger partial charge in [-0.25, -0.2) is 9.78 Å². The summed E-state index contributed by atoms with van der Waals surface area (Å²) in [6, 6.07) is -1.01. The van der Waals surface area contributed by atoms with Crippen LogP contribution in [0.25, 0.3) is 0 Å². The van der Waals surface area contributed by atoms with E-state index < -0.39 is 18.8 Å². The highest BCUT2D eigenvalue weighted by atomic mass is 32.1. The SMILES string of the molecule is CC(=NO)c1csc(NC(=O)NCC(F)(F)F)n1. The molecule has 0 aliphatic carbocycles. The van der Waals surface area contributed by atoms with Gasteiger partial charge in [-0.15, -0.1) is 11.3 Å². The zero-order chi connectivity index (χ0) is 13.8. The Kier molecular flexibility index (Phi) is 4.48. The highest BCUT2D eigenvalue weighted by molar-refractivity contribution is 7.14. The van der Waals surface area contributed by atoms with E-state index >= 15 is 0 Å². The Labute approximate surface area is 104 Å². The van der Waals surface area contributed by atoms with Crippen LogP contribution >= 0.6 is 11.3 Å². The molecule has 0 aliphatic heterocycles. The molecule has 0 spiro atoms. The maximum Gasteiger partial charge on any atom is 0.405 e. The number of carbonyl (C=O) groups excluding carboxylic acids is 1. The number of hydrogen-bond donors (Lipinski definition) is 3. The second-order valence-corrected chi connectivity index (χ2v) is 4.00. The van der Waals surface area contributed by atoms with Gasteiger partial charge in [-0.2, -0.15) is 13.2 Å². The van der Waals surface area contributed by atoms with Crippen molar-refractivity contribution in [2.45, 2.75) is 13.1 Å². The van der Waals surface area contributed by atoms with Gasteiger partial charge < -0.3 is 10.5 Å². The predicted octanol–water partition coefficient (Wildman–Crippen LogP) is 2.03. The van der Waals surface area contributed by atoms with Crippen LogP contribution in [0.1, 0.15) is 12.6 Å². The smallest absolute Gasteiger partial charge is 0.405 e. The van der Waals surface area contributed by atoms with Crippen molar-refractivity contribution in [3.63, 3.8) is 0 Å². The lowest BCUT2D eigenvalue weighted by atomic mass is 10.3. The highest BCUT2D eigenvalue weighted by Crippen LogP contribution is 2.16. The van der Waals surface area contributed by atoms with E-state index in [9.17, 15) is 18.0 Å². The summed E-state index contributed by atoms with van der Waals surface area (Å²) in [6.45, 7) is 0.0662. The van der Waals surface area contributed by atoms with Crippen LogP contribution < -0.4 is 10.6 Å². The average Bonchev–Trinajstić information content (AvgIpc) is 2.73. The molecule has 0 aliphatic rings. The van der Waals surface area contributed by atoms with Crippen LogP contribution in [0.15, 0.2) is 10.5 Å². The van der Waals surface area contributed by atoms with Crippen LogP contribution in [-0.2, 0) is 0 Å². The van der Waals surface area contributed by atoms with E-state index in [1.807, 2.05) is 0 Å². The van der Waals surface area contributed by atoms with E-state index in [-0.39, 0.29) is 10.8 Å². The van der Waals surface area contributed by atoms with Crippen LogP contribution in [0.5, 0.6) is 0 Å². The molecule has 10 heteroatoms. The van der Waals surface area contributed by atoms with Crippen molar-refractivity contribution in [3.8, 4) is 0 Å². The van der Waals surface area contributed by atoms with Gasteiger partial charge in [0.15, 0.2) is 5.13 Å². The minimum absolute atomic E-state index is 0.104. The Hall–Kier alpha value is -1.84. The molecule has 0 unspecified atom stereocenters. The van der Waals surface area contributed by atoms with E-state index in [2.05, 4.69) is 15.5 Å². The third kappa shape index (κ3) is 4.57. The maximum absolute atomic E-state index is 11.8. The molecular weight excluding hydrogens is 273 g/mol. The quantitative estimate of drug-likeness (QED) is 0.450. The van der Waals surface area contributed by atoms with Crippen molar-refractivity contribution in [1.82, 2.24) is 10.3 Å². The van der Waals surface area contributed by atoms with Crippen LogP contribution in [0.3, 0.4) is 0 Å². The maximum atomic E-state index is 11.8. The number of halogens is 3. The van der Waals surface area contributed by atoms with Crippen molar-refractivity contribution in [1.29, 1.82) is 0 Å². The van der Waals surface area contributed by atoms with Gasteiger partial charge in [0.1, 0.15) is 18.0 Å². The third-order valence-electron chi connectivity index (χ3n) is 1.69. The Balaban J connectivity index is 2.53. The monoisotopic (exact) mass is 282 g/mol. The van der Waals surface area contributed by atoms with Gasteiger partial charge in [0.05, 0.1) is 0 Å². The number of oxime groups is 1. The topological polar surface area (TPSA) is 86.6 Å². The molecule has 6 nitrogen and oxygen atoms in total. The minimum Gasteiger partial charge on any atom is -0.411 e. The normalized spacial score (nSPS) is 12.3. The molecule has 0 fully saturated rings. The summed E-state index contributed by atoms with van der Waals surface area (Å²) in [5.41, 5.74) is 0.559. The van der Waals surface area contributed by atoms with Crippen LogP contribution in [0.4, 0.5) is 23.1 Å². The molecule has 100 valence electrons. The Morgan fingerprint density at radius 1 is 1.61 bits per heavy atom. The number of carbonyl (C=O) groups is 1. The van der Waals surface area contributed by atoms with E-state index in [1.165, 1.54) is 12.3 Å². The van der Waals surface area contributed by atoms with E-state index in [4.69, 9.17) is 5.21 Å². The molecule has 1 rings (SSSR count). The molecule has 18 heavy (non-hydrogen) atoms.